The summed E-state index contributed by atoms with van der Waals surface area (Å²) in [5.41, 5.74) is 2.32. The molecule has 3 nitrogen and oxygen atoms in total. The number of ether oxygens (including phenoxy) is 2. The van der Waals surface area contributed by atoms with Gasteiger partial charge in [0.25, 0.3) is 0 Å². The van der Waals surface area contributed by atoms with E-state index in [1.165, 1.54) is 5.56 Å². The molecule has 2 aromatic carbocycles. The van der Waals surface area contributed by atoms with Crippen LogP contribution >= 0.6 is 0 Å². The Morgan fingerprint density at radius 3 is 2.00 bits per heavy atom. The topological polar surface area (TPSA) is 30.5 Å². The number of aryl methyl sites for hydroxylation is 1. The zero-order chi connectivity index (χ0) is 16.7. The van der Waals surface area contributed by atoms with Crippen molar-refractivity contribution < 1.29 is 9.47 Å². The zero-order valence-electron chi connectivity index (χ0n) is 14.5. The van der Waals surface area contributed by atoms with Gasteiger partial charge in [0, 0.05) is 5.69 Å². The fraction of sp³-hybridized carbons (Fsp3) is 0.400. The molecule has 3 heteroatoms. The van der Waals surface area contributed by atoms with Gasteiger partial charge in [0.2, 0.25) is 0 Å². The zero-order valence-corrected chi connectivity index (χ0v) is 14.5. The van der Waals surface area contributed by atoms with E-state index in [-0.39, 0.29) is 12.2 Å². The maximum atomic E-state index is 6.03. The predicted octanol–water partition coefficient (Wildman–Crippen LogP) is 5.05. The van der Waals surface area contributed by atoms with Gasteiger partial charge < -0.3 is 14.8 Å². The lowest BCUT2D eigenvalue weighted by molar-refractivity contribution is 0.210. The first-order chi connectivity index (χ1) is 11.1. The summed E-state index contributed by atoms with van der Waals surface area (Å²) in [7, 11) is 0. The average Bonchev–Trinajstić information content (AvgIpc) is 2.54. The Morgan fingerprint density at radius 2 is 1.43 bits per heavy atom. The van der Waals surface area contributed by atoms with Crippen LogP contribution in [0.4, 0.5) is 5.69 Å². The maximum absolute atomic E-state index is 6.03. The highest BCUT2D eigenvalue weighted by molar-refractivity contribution is 5.46. The van der Waals surface area contributed by atoms with Crippen molar-refractivity contribution in [3.63, 3.8) is 0 Å². The van der Waals surface area contributed by atoms with Crippen molar-refractivity contribution in [1.82, 2.24) is 0 Å². The summed E-state index contributed by atoms with van der Waals surface area (Å²) < 4.78 is 11.7. The van der Waals surface area contributed by atoms with Gasteiger partial charge in [-0.15, -0.1) is 0 Å². The van der Waals surface area contributed by atoms with Crippen LogP contribution in [0.1, 0.15) is 32.8 Å². The summed E-state index contributed by atoms with van der Waals surface area (Å²) in [4.78, 5) is 0. The van der Waals surface area contributed by atoms with Gasteiger partial charge in [-0.3, -0.25) is 0 Å². The molecule has 2 aromatic rings. The molecule has 0 aliphatic carbocycles. The second-order valence-corrected chi connectivity index (χ2v) is 6.03. The van der Waals surface area contributed by atoms with Gasteiger partial charge in [0.1, 0.15) is 17.6 Å². The first kappa shape index (κ1) is 17.2. The van der Waals surface area contributed by atoms with Gasteiger partial charge in [0.05, 0.1) is 12.6 Å². The summed E-state index contributed by atoms with van der Waals surface area (Å²) in [6, 6.07) is 16.2. The highest BCUT2D eigenvalue weighted by Gasteiger charge is 2.08. The van der Waals surface area contributed by atoms with Gasteiger partial charge >= 0.3 is 0 Å². The third-order valence-corrected chi connectivity index (χ3v) is 3.54. The minimum absolute atomic E-state index is 0.143. The maximum Gasteiger partial charge on any atom is 0.119 e. The Morgan fingerprint density at radius 1 is 0.870 bits per heavy atom. The summed E-state index contributed by atoms with van der Waals surface area (Å²) in [6.45, 7) is 9.05. The normalized spacial score (nSPS) is 12.0. The van der Waals surface area contributed by atoms with Gasteiger partial charge in [0.15, 0.2) is 0 Å². The van der Waals surface area contributed by atoms with Crippen molar-refractivity contribution in [2.75, 3.05) is 11.9 Å². The summed E-state index contributed by atoms with van der Waals surface area (Å²) >= 11 is 0. The lowest BCUT2D eigenvalue weighted by Crippen LogP contribution is -2.25. The van der Waals surface area contributed by atoms with Crippen molar-refractivity contribution in [2.24, 2.45) is 0 Å². The van der Waals surface area contributed by atoms with Gasteiger partial charge in [-0.05, 0) is 63.6 Å². The van der Waals surface area contributed by atoms with Crippen molar-refractivity contribution in [1.29, 1.82) is 0 Å². The van der Waals surface area contributed by atoms with Crippen molar-refractivity contribution >= 4 is 5.69 Å². The fourth-order valence-electron chi connectivity index (χ4n) is 2.23. The molecule has 1 unspecified atom stereocenters. The summed E-state index contributed by atoms with van der Waals surface area (Å²) in [6.07, 6.45) is 1.29. The van der Waals surface area contributed by atoms with Crippen LogP contribution in [-0.2, 0) is 0 Å². The lowest BCUT2D eigenvalue weighted by Gasteiger charge is -2.19. The minimum atomic E-state index is 0.143. The number of nitrogens with one attached hydrogen (secondary N) is 1. The molecule has 0 heterocycles. The van der Waals surface area contributed by atoms with E-state index >= 15 is 0 Å². The van der Waals surface area contributed by atoms with E-state index in [1.54, 1.807) is 0 Å². The monoisotopic (exact) mass is 313 g/mol. The SMILES string of the molecule is CCC(CNc1ccc(OC(C)C)cc1)Oc1ccc(C)cc1. The van der Waals surface area contributed by atoms with Crippen LogP contribution in [0.5, 0.6) is 11.5 Å². The number of hydrogen-bond acceptors (Lipinski definition) is 3. The number of anilines is 1. The smallest absolute Gasteiger partial charge is 0.119 e. The van der Waals surface area contributed by atoms with Crippen LogP contribution in [0.25, 0.3) is 0 Å². The van der Waals surface area contributed by atoms with Gasteiger partial charge in [-0.1, -0.05) is 24.6 Å². The van der Waals surface area contributed by atoms with Crippen LogP contribution in [0, 0.1) is 6.92 Å². The van der Waals surface area contributed by atoms with Crippen LogP contribution in [0.3, 0.4) is 0 Å². The van der Waals surface area contributed by atoms with Crippen LogP contribution in [0.2, 0.25) is 0 Å². The molecule has 1 atom stereocenters. The Labute approximate surface area is 139 Å². The van der Waals surface area contributed by atoms with Crippen LogP contribution in [0.15, 0.2) is 48.5 Å². The highest BCUT2D eigenvalue weighted by atomic mass is 16.5. The Kier molecular flexibility index (Phi) is 6.33. The Balaban J connectivity index is 1.86. The molecule has 0 aliphatic heterocycles. The van der Waals surface area contributed by atoms with Gasteiger partial charge in [-0.2, -0.15) is 0 Å². The fourth-order valence-corrected chi connectivity index (χ4v) is 2.23. The second kappa shape index (κ2) is 8.47. The molecule has 0 bridgehead atoms. The largest absolute Gasteiger partial charge is 0.491 e. The third-order valence-electron chi connectivity index (χ3n) is 3.54. The molecular formula is C20H27NO2. The van der Waals surface area contributed by atoms with Crippen LogP contribution < -0.4 is 14.8 Å². The molecule has 23 heavy (non-hydrogen) atoms. The molecule has 124 valence electrons. The average molecular weight is 313 g/mol. The molecule has 2 rings (SSSR count). The molecule has 0 aliphatic rings. The first-order valence-electron chi connectivity index (χ1n) is 8.30. The molecule has 0 saturated carbocycles. The molecule has 0 aromatic heterocycles. The van der Waals surface area contributed by atoms with E-state index in [1.807, 2.05) is 50.2 Å². The van der Waals surface area contributed by atoms with Crippen molar-refractivity contribution in [3.8, 4) is 11.5 Å². The first-order valence-corrected chi connectivity index (χ1v) is 8.30. The third kappa shape index (κ3) is 5.85. The number of rotatable bonds is 8. The molecule has 0 amide bonds. The minimum Gasteiger partial charge on any atom is -0.491 e. The molecule has 0 spiro atoms. The predicted molar refractivity (Wildman–Crippen MR) is 96.6 cm³/mol. The molecule has 1 N–H and O–H groups in total. The van der Waals surface area contributed by atoms with Gasteiger partial charge in [-0.25, -0.2) is 0 Å². The summed E-state index contributed by atoms with van der Waals surface area (Å²) in [5, 5.41) is 3.43. The second-order valence-electron chi connectivity index (χ2n) is 6.03. The molecule has 0 saturated heterocycles. The quantitative estimate of drug-likeness (QED) is 0.739. The van der Waals surface area contributed by atoms with Crippen molar-refractivity contribution in [3.05, 3.63) is 54.1 Å². The Bertz CT molecular complexity index is 576. The molecular weight excluding hydrogens is 286 g/mol. The van der Waals surface area contributed by atoms with Crippen LogP contribution in [-0.4, -0.2) is 18.8 Å². The van der Waals surface area contributed by atoms with Crippen molar-refractivity contribution in [2.45, 2.75) is 46.3 Å². The standard InChI is InChI=1S/C20H27NO2/c1-5-18(23-20-10-6-16(4)7-11-20)14-21-17-8-12-19(13-9-17)22-15(2)3/h6-13,15,18,21H,5,14H2,1-4H3. The van der Waals surface area contributed by atoms with E-state index in [0.717, 1.165) is 30.2 Å². The highest BCUT2D eigenvalue weighted by Crippen LogP contribution is 2.18. The molecule has 0 fully saturated rings. The molecule has 0 radical (unpaired) electrons. The summed E-state index contributed by atoms with van der Waals surface area (Å²) in [5.74, 6) is 1.82. The van der Waals surface area contributed by atoms with E-state index in [0.29, 0.717) is 0 Å². The lowest BCUT2D eigenvalue weighted by atomic mass is 10.2. The Hall–Kier alpha value is -2.16. The van der Waals surface area contributed by atoms with E-state index in [2.05, 4.69) is 31.3 Å². The number of hydrogen-bond donors (Lipinski definition) is 1. The van der Waals surface area contributed by atoms with E-state index in [9.17, 15) is 0 Å². The van der Waals surface area contributed by atoms with E-state index < -0.39 is 0 Å². The van der Waals surface area contributed by atoms with E-state index in [4.69, 9.17) is 9.47 Å². The number of benzene rings is 2.